The number of halogens is 3. The average molecular weight is 315 g/mol. The first-order valence-corrected chi connectivity index (χ1v) is 7.80. The summed E-state index contributed by atoms with van der Waals surface area (Å²) in [6, 6.07) is 0. The molecule has 0 fully saturated rings. The van der Waals surface area contributed by atoms with Gasteiger partial charge in [0.25, 0.3) is 3.92 Å². The lowest BCUT2D eigenvalue weighted by molar-refractivity contribution is 0.117. The van der Waals surface area contributed by atoms with Crippen molar-refractivity contribution in [1.29, 1.82) is 0 Å². The third kappa shape index (κ3) is 4.67. The van der Waals surface area contributed by atoms with Crippen molar-refractivity contribution in [2.45, 2.75) is 62.5 Å². The zero-order chi connectivity index (χ0) is 13.6. The van der Waals surface area contributed by atoms with Crippen molar-refractivity contribution in [3.8, 4) is 0 Å². The van der Waals surface area contributed by atoms with E-state index in [1.165, 1.54) is 19.3 Å². The van der Waals surface area contributed by atoms with Crippen LogP contribution in [0.2, 0.25) is 0 Å². The van der Waals surface area contributed by atoms with Crippen molar-refractivity contribution < 1.29 is 0 Å². The van der Waals surface area contributed by atoms with Gasteiger partial charge in [-0.2, -0.15) is 5.10 Å². The highest BCUT2D eigenvalue weighted by Crippen LogP contribution is 2.35. The Bertz CT molecular complexity index is 266. The molecular formula is C12H22Cl3N3. The minimum atomic E-state index is -1.42. The molecule has 0 aliphatic carbocycles. The van der Waals surface area contributed by atoms with Crippen LogP contribution in [0.25, 0.3) is 0 Å². The van der Waals surface area contributed by atoms with Crippen LogP contribution in [0.1, 0.15) is 52.4 Å². The van der Waals surface area contributed by atoms with Gasteiger partial charge < -0.3 is 0 Å². The molecule has 106 valence electrons. The molecule has 1 aliphatic heterocycles. The van der Waals surface area contributed by atoms with Gasteiger partial charge in [-0.3, -0.25) is 9.91 Å². The van der Waals surface area contributed by atoms with Gasteiger partial charge >= 0.3 is 0 Å². The first-order valence-electron chi connectivity index (χ1n) is 6.66. The predicted molar refractivity (Wildman–Crippen MR) is 80.2 cm³/mol. The number of alkyl halides is 3. The highest BCUT2D eigenvalue weighted by molar-refractivity contribution is 6.67. The highest BCUT2D eigenvalue weighted by Gasteiger charge is 2.39. The van der Waals surface area contributed by atoms with Gasteiger partial charge in [0.05, 0.1) is 0 Å². The molecule has 0 spiro atoms. The summed E-state index contributed by atoms with van der Waals surface area (Å²) in [6.07, 6.45) is 8.58. The van der Waals surface area contributed by atoms with Crippen molar-refractivity contribution in [1.82, 2.24) is 9.91 Å². The largest absolute Gasteiger partial charge is 0.295 e. The van der Waals surface area contributed by atoms with Gasteiger partial charge in [0.15, 0.2) is 0 Å². The zero-order valence-corrected chi connectivity index (χ0v) is 13.3. The quantitative estimate of drug-likeness (QED) is 0.389. The van der Waals surface area contributed by atoms with E-state index in [4.69, 9.17) is 34.8 Å². The fourth-order valence-corrected chi connectivity index (χ4v) is 2.58. The van der Waals surface area contributed by atoms with Crippen molar-refractivity contribution >= 4 is 41.1 Å². The molecule has 1 unspecified atom stereocenters. The van der Waals surface area contributed by atoms with Crippen molar-refractivity contribution in [3.63, 3.8) is 0 Å². The third-order valence-electron chi connectivity index (χ3n) is 3.07. The molecule has 3 nitrogen and oxygen atoms in total. The predicted octanol–water partition coefficient (Wildman–Crippen LogP) is 4.58. The van der Waals surface area contributed by atoms with Crippen molar-refractivity contribution in [2.75, 3.05) is 6.54 Å². The minimum Gasteiger partial charge on any atom is -0.295 e. The molecule has 1 atom stereocenters. The summed E-state index contributed by atoms with van der Waals surface area (Å²) in [7, 11) is 0. The molecule has 0 radical (unpaired) electrons. The molecule has 18 heavy (non-hydrogen) atoms. The second-order valence-electron chi connectivity index (χ2n) is 4.60. The topological polar surface area (TPSA) is 18.8 Å². The summed E-state index contributed by atoms with van der Waals surface area (Å²) >= 11 is 17.9. The maximum Gasteiger partial charge on any atom is 0.270 e. The molecule has 1 rings (SSSR count). The Balaban J connectivity index is 2.50. The SMILES string of the molecule is CCCCCCN1N=CN(C(Cl)(Cl)Cl)C1CCC. The van der Waals surface area contributed by atoms with Gasteiger partial charge in [0.2, 0.25) is 0 Å². The molecule has 0 aromatic carbocycles. The molecule has 0 saturated heterocycles. The Hall–Kier alpha value is 0.140. The summed E-state index contributed by atoms with van der Waals surface area (Å²) < 4.78 is -1.42. The first-order chi connectivity index (χ1) is 8.50. The van der Waals surface area contributed by atoms with Crippen LogP contribution in [0.4, 0.5) is 0 Å². The maximum atomic E-state index is 5.96. The number of rotatable bonds is 7. The van der Waals surface area contributed by atoms with Crippen LogP contribution in [0.3, 0.4) is 0 Å². The van der Waals surface area contributed by atoms with Crippen LogP contribution in [0.5, 0.6) is 0 Å². The Morgan fingerprint density at radius 3 is 2.39 bits per heavy atom. The number of unbranched alkanes of at least 4 members (excludes halogenated alkanes) is 3. The van der Waals surface area contributed by atoms with E-state index in [0.29, 0.717) is 0 Å². The first kappa shape index (κ1) is 16.2. The number of hydrazone groups is 1. The van der Waals surface area contributed by atoms with Gasteiger partial charge in [-0.25, -0.2) is 0 Å². The van der Waals surface area contributed by atoms with Crippen LogP contribution in [0.15, 0.2) is 5.10 Å². The molecule has 1 aliphatic rings. The summed E-state index contributed by atoms with van der Waals surface area (Å²) in [5.74, 6) is 0. The number of hydrogen-bond donors (Lipinski definition) is 0. The summed E-state index contributed by atoms with van der Waals surface area (Å²) in [4.78, 5) is 1.71. The van der Waals surface area contributed by atoms with Gasteiger partial charge in [0, 0.05) is 6.54 Å². The standard InChI is InChI=1S/C12H22Cl3N3/c1-3-5-6-7-9-18-11(8-4-2)17(10-16-18)12(13,14)15/h10-11H,3-9H2,1-2H3. The second kappa shape index (κ2) is 7.66. The minimum absolute atomic E-state index is 0.0733. The Labute approximate surface area is 125 Å². The van der Waals surface area contributed by atoms with Gasteiger partial charge in [-0.1, -0.05) is 74.3 Å². The van der Waals surface area contributed by atoms with Gasteiger partial charge in [-0.05, 0) is 12.8 Å². The summed E-state index contributed by atoms with van der Waals surface area (Å²) in [5.41, 5.74) is 0. The second-order valence-corrected chi connectivity index (χ2v) is 6.82. The third-order valence-corrected chi connectivity index (χ3v) is 3.66. The van der Waals surface area contributed by atoms with Crippen LogP contribution in [0, 0.1) is 0 Å². The van der Waals surface area contributed by atoms with Gasteiger partial charge in [-0.15, -0.1) is 0 Å². The van der Waals surface area contributed by atoms with E-state index >= 15 is 0 Å². The molecule has 6 heteroatoms. The zero-order valence-electron chi connectivity index (χ0n) is 11.1. The Morgan fingerprint density at radius 1 is 1.11 bits per heavy atom. The average Bonchev–Trinajstić information content (AvgIpc) is 2.68. The van der Waals surface area contributed by atoms with Crippen LogP contribution in [-0.4, -0.2) is 32.9 Å². The molecule has 0 N–H and O–H groups in total. The lowest BCUT2D eigenvalue weighted by Gasteiger charge is -2.34. The van der Waals surface area contributed by atoms with E-state index < -0.39 is 3.92 Å². The van der Waals surface area contributed by atoms with Crippen LogP contribution in [-0.2, 0) is 0 Å². The van der Waals surface area contributed by atoms with Crippen molar-refractivity contribution in [2.24, 2.45) is 5.10 Å². The van der Waals surface area contributed by atoms with Gasteiger partial charge in [0.1, 0.15) is 12.5 Å². The smallest absolute Gasteiger partial charge is 0.270 e. The van der Waals surface area contributed by atoms with Crippen LogP contribution >= 0.6 is 34.8 Å². The molecule has 0 amide bonds. The fraction of sp³-hybridized carbons (Fsp3) is 0.917. The molecule has 0 bridgehead atoms. The van der Waals surface area contributed by atoms with E-state index in [-0.39, 0.29) is 6.17 Å². The van der Waals surface area contributed by atoms with E-state index in [0.717, 1.165) is 25.8 Å². The highest BCUT2D eigenvalue weighted by atomic mass is 35.6. The molecule has 0 saturated carbocycles. The normalized spacial score (nSPS) is 19.9. The number of hydrogen-bond acceptors (Lipinski definition) is 3. The van der Waals surface area contributed by atoms with E-state index in [1.807, 2.05) is 5.01 Å². The Kier molecular flexibility index (Phi) is 6.89. The summed E-state index contributed by atoms with van der Waals surface area (Å²) in [6.45, 7) is 5.26. The molecule has 1 heterocycles. The van der Waals surface area contributed by atoms with Crippen molar-refractivity contribution in [3.05, 3.63) is 0 Å². The van der Waals surface area contributed by atoms with E-state index in [9.17, 15) is 0 Å². The molecule has 0 aromatic heterocycles. The lowest BCUT2D eigenvalue weighted by Crippen LogP contribution is -2.45. The fourth-order valence-electron chi connectivity index (χ4n) is 2.11. The molecule has 0 aromatic rings. The monoisotopic (exact) mass is 313 g/mol. The summed E-state index contributed by atoms with van der Waals surface area (Å²) in [5, 5.41) is 6.40. The van der Waals surface area contributed by atoms with Crippen LogP contribution < -0.4 is 0 Å². The van der Waals surface area contributed by atoms with E-state index in [2.05, 4.69) is 18.9 Å². The van der Waals surface area contributed by atoms with E-state index in [1.54, 1.807) is 11.2 Å². The Morgan fingerprint density at radius 2 is 1.83 bits per heavy atom. The lowest BCUT2D eigenvalue weighted by atomic mass is 10.2. The maximum absolute atomic E-state index is 5.96. The number of nitrogens with zero attached hydrogens (tertiary/aromatic N) is 3. The molecular weight excluding hydrogens is 293 g/mol.